The van der Waals surface area contributed by atoms with Crippen LogP contribution in [0, 0.1) is 13.8 Å². The van der Waals surface area contributed by atoms with Gasteiger partial charge >= 0.3 is 6.55 Å². The number of anilines is 1. The first-order chi connectivity index (χ1) is 11.3. The van der Waals surface area contributed by atoms with E-state index in [1.165, 1.54) is 19.9 Å². The summed E-state index contributed by atoms with van der Waals surface area (Å²) in [6.45, 7) is 0.653. The van der Waals surface area contributed by atoms with Crippen LogP contribution in [-0.4, -0.2) is 24.8 Å². The normalized spacial score (nSPS) is 14.4. The van der Waals surface area contributed by atoms with Crippen molar-refractivity contribution in [1.29, 1.82) is 0 Å². The Hall–Kier alpha value is -2.16. The maximum absolute atomic E-state index is 12.9. The van der Waals surface area contributed by atoms with E-state index in [1.54, 1.807) is 12.1 Å². The van der Waals surface area contributed by atoms with Crippen molar-refractivity contribution in [3.05, 3.63) is 35.2 Å². The maximum Gasteiger partial charge on any atom is 0.333 e. The molecule has 0 atom stereocenters. The van der Waals surface area contributed by atoms with E-state index in [0.29, 0.717) is 17.0 Å². The second-order valence-corrected chi connectivity index (χ2v) is 7.28. The van der Waals surface area contributed by atoms with Crippen LogP contribution < -0.4 is 9.46 Å². The molecule has 24 heavy (non-hydrogen) atoms. The van der Waals surface area contributed by atoms with Crippen LogP contribution in [0.4, 0.5) is 14.5 Å². The maximum atomic E-state index is 12.9. The number of rotatable bonds is 4. The van der Waals surface area contributed by atoms with Crippen LogP contribution in [-0.2, 0) is 16.4 Å². The van der Waals surface area contributed by atoms with E-state index >= 15 is 0 Å². The Kier molecular flexibility index (Phi) is 4.20. The summed E-state index contributed by atoms with van der Waals surface area (Å²) in [5, 5.41) is 3.68. The monoisotopic (exact) mass is 357 g/mol. The second kappa shape index (κ2) is 6.04. The van der Waals surface area contributed by atoms with E-state index in [4.69, 9.17) is 4.74 Å². The van der Waals surface area contributed by atoms with Gasteiger partial charge in [0.05, 0.1) is 28.6 Å². The zero-order valence-corrected chi connectivity index (χ0v) is 14.0. The third-order valence-corrected chi connectivity index (χ3v) is 5.28. The lowest BCUT2D eigenvalue weighted by Crippen LogP contribution is -2.16. The lowest BCUT2D eigenvalue weighted by atomic mass is 10.1. The van der Waals surface area contributed by atoms with Crippen LogP contribution in [0.1, 0.15) is 29.9 Å². The van der Waals surface area contributed by atoms with E-state index in [0.717, 1.165) is 18.4 Å². The third-order valence-electron chi connectivity index (χ3n) is 3.94. The lowest BCUT2D eigenvalue weighted by molar-refractivity contribution is 0.0542. The van der Waals surface area contributed by atoms with Gasteiger partial charge in [-0.2, -0.15) is 13.9 Å². The standard InChI is InChI=1S/C15H17F2N3O3S/c1-9-14(10(2)20(18-9)15(16)17)19-24(21,22)12-5-6-13-11(8-12)4-3-7-23-13/h5-6,8,15,19H,3-4,7H2,1-2H3. The summed E-state index contributed by atoms with van der Waals surface area (Å²) in [4.78, 5) is 0.0651. The number of alkyl halides is 2. The predicted molar refractivity (Wildman–Crippen MR) is 84.0 cm³/mol. The number of sulfonamides is 1. The molecule has 0 amide bonds. The fourth-order valence-electron chi connectivity index (χ4n) is 2.70. The molecule has 0 bridgehead atoms. The van der Waals surface area contributed by atoms with Crippen LogP contribution in [0.25, 0.3) is 0 Å². The second-order valence-electron chi connectivity index (χ2n) is 5.60. The molecule has 0 saturated carbocycles. The van der Waals surface area contributed by atoms with E-state index in [1.807, 2.05) is 0 Å². The van der Waals surface area contributed by atoms with Gasteiger partial charge in [-0.25, -0.2) is 13.1 Å². The van der Waals surface area contributed by atoms with Crippen molar-refractivity contribution in [2.75, 3.05) is 11.3 Å². The number of ether oxygens (including phenoxy) is 1. The number of halogens is 2. The van der Waals surface area contributed by atoms with Gasteiger partial charge < -0.3 is 4.74 Å². The Morgan fingerprint density at radius 1 is 1.33 bits per heavy atom. The molecule has 1 aliphatic heterocycles. The van der Waals surface area contributed by atoms with E-state index < -0.39 is 16.6 Å². The summed E-state index contributed by atoms with van der Waals surface area (Å²) in [5.74, 6) is 0.679. The third kappa shape index (κ3) is 2.95. The van der Waals surface area contributed by atoms with Crippen molar-refractivity contribution in [2.45, 2.75) is 38.1 Å². The largest absolute Gasteiger partial charge is 0.493 e. The molecule has 130 valence electrons. The molecule has 3 rings (SSSR count). The highest BCUT2D eigenvalue weighted by molar-refractivity contribution is 7.92. The fraction of sp³-hybridized carbons (Fsp3) is 0.400. The van der Waals surface area contributed by atoms with Crippen LogP contribution in [0.5, 0.6) is 5.75 Å². The van der Waals surface area contributed by atoms with Crippen LogP contribution in [0.2, 0.25) is 0 Å². The number of hydrogen-bond acceptors (Lipinski definition) is 4. The highest BCUT2D eigenvalue weighted by Gasteiger charge is 2.23. The lowest BCUT2D eigenvalue weighted by Gasteiger charge is -2.18. The fourth-order valence-corrected chi connectivity index (χ4v) is 3.92. The van der Waals surface area contributed by atoms with Gasteiger partial charge in [-0.3, -0.25) is 4.72 Å². The van der Waals surface area contributed by atoms with Gasteiger partial charge in [-0.05, 0) is 50.5 Å². The topological polar surface area (TPSA) is 73.2 Å². The SMILES string of the molecule is Cc1nn(C(F)F)c(C)c1NS(=O)(=O)c1ccc2c(c1)CCCO2. The molecule has 0 saturated heterocycles. The van der Waals surface area contributed by atoms with Crippen molar-refractivity contribution < 1.29 is 21.9 Å². The molecule has 0 unspecified atom stereocenters. The summed E-state index contributed by atoms with van der Waals surface area (Å²) in [6, 6.07) is 4.61. The van der Waals surface area contributed by atoms with Crippen LogP contribution in [0.15, 0.2) is 23.1 Å². The molecule has 1 N–H and O–H groups in total. The van der Waals surface area contributed by atoms with Gasteiger partial charge in [-0.15, -0.1) is 0 Å². The van der Waals surface area contributed by atoms with Gasteiger partial charge in [0.1, 0.15) is 5.75 Å². The molecule has 2 heterocycles. The molecule has 1 aromatic heterocycles. The van der Waals surface area contributed by atoms with Crippen molar-refractivity contribution in [2.24, 2.45) is 0 Å². The molecule has 0 aliphatic carbocycles. The number of nitrogens with zero attached hydrogens (tertiary/aromatic N) is 2. The summed E-state index contributed by atoms with van der Waals surface area (Å²) in [6.07, 6.45) is 1.56. The molecule has 9 heteroatoms. The Labute approximate surface area is 138 Å². The quantitative estimate of drug-likeness (QED) is 0.913. The number of aryl methyl sites for hydroxylation is 2. The highest BCUT2D eigenvalue weighted by Crippen LogP contribution is 2.30. The summed E-state index contributed by atoms with van der Waals surface area (Å²) >= 11 is 0. The minimum atomic E-state index is -3.91. The Bertz CT molecular complexity index is 878. The number of aromatic nitrogens is 2. The molecule has 1 aliphatic rings. The van der Waals surface area contributed by atoms with Gasteiger partial charge in [0.15, 0.2) is 0 Å². The van der Waals surface area contributed by atoms with Gasteiger partial charge in [-0.1, -0.05) is 0 Å². The van der Waals surface area contributed by atoms with Crippen LogP contribution >= 0.6 is 0 Å². The molecule has 1 aromatic carbocycles. The zero-order chi connectivity index (χ0) is 17.5. The van der Waals surface area contributed by atoms with Gasteiger partial charge in [0, 0.05) is 0 Å². The average molecular weight is 357 g/mol. The molecule has 0 radical (unpaired) electrons. The van der Waals surface area contributed by atoms with Crippen molar-refractivity contribution >= 4 is 15.7 Å². The molecule has 2 aromatic rings. The number of nitrogens with one attached hydrogen (secondary N) is 1. The minimum Gasteiger partial charge on any atom is -0.493 e. The first-order valence-electron chi connectivity index (χ1n) is 7.42. The zero-order valence-electron chi connectivity index (χ0n) is 13.2. The van der Waals surface area contributed by atoms with E-state index in [9.17, 15) is 17.2 Å². The Balaban J connectivity index is 1.95. The first-order valence-corrected chi connectivity index (χ1v) is 8.90. The van der Waals surface area contributed by atoms with Crippen molar-refractivity contribution in [1.82, 2.24) is 9.78 Å². The van der Waals surface area contributed by atoms with Gasteiger partial charge in [0.25, 0.3) is 10.0 Å². The Morgan fingerprint density at radius 2 is 2.08 bits per heavy atom. The molecule has 0 fully saturated rings. The van der Waals surface area contributed by atoms with Crippen LogP contribution in [0.3, 0.4) is 0 Å². The first kappa shape index (κ1) is 16.7. The smallest absolute Gasteiger partial charge is 0.333 e. The predicted octanol–water partition coefficient (Wildman–Crippen LogP) is 3.02. The van der Waals surface area contributed by atoms with Crippen molar-refractivity contribution in [3.8, 4) is 5.75 Å². The Morgan fingerprint density at radius 3 is 2.75 bits per heavy atom. The molecule has 6 nitrogen and oxygen atoms in total. The van der Waals surface area contributed by atoms with Crippen molar-refractivity contribution in [3.63, 3.8) is 0 Å². The number of fused-ring (bicyclic) bond motifs is 1. The number of hydrogen-bond donors (Lipinski definition) is 1. The van der Waals surface area contributed by atoms with E-state index in [2.05, 4.69) is 9.82 Å². The number of benzene rings is 1. The molecular weight excluding hydrogens is 340 g/mol. The molecular formula is C15H17F2N3O3S. The van der Waals surface area contributed by atoms with E-state index in [-0.39, 0.29) is 22.0 Å². The summed E-state index contributed by atoms with van der Waals surface area (Å²) < 4.78 is 59.3. The van der Waals surface area contributed by atoms with Gasteiger partial charge in [0.2, 0.25) is 0 Å². The minimum absolute atomic E-state index is 0.0624. The summed E-state index contributed by atoms with van der Waals surface area (Å²) in [7, 11) is -3.91. The molecule has 0 spiro atoms. The summed E-state index contributed by atoms with van der Waals surface area (Å²) in [5.41, 5.74) is 1.15. The average Bonchev–Trinajstić information content (AvgIpc) is 2.82. The highest BCUT2D eigenvalue weighted by atomic mass is 32.2.